The number of halogens is 1. The minimum absolute atomic E-state index is 0.137. The van der Waals surface area contributed by atoms with Crippen LogP contribution in [0, 0.1) is 5.92 Å². The highest BCUT2D eigenvalue weighted by atomic mass is 35.5. The summed E-state index contributed by atoms with van der Waals surface area (Å²) in [4.78, 5) is 5.44. The van der Waals surface area contributed by atoms with Gasteiger partial charge < -0.3 is 0 Å². The third-order valence-corrected chi connectivity index (χ3v) is 6.74. The molecule has 1 aliphatic carbocycles. The second-order valence-electron chi connectivity index (χ2n) is 8.60. The first kappa shape index (κ1) is 23.4. The van der Waals surface area contributed by atoms with E-state index in [1.54, 1.807) is 0 Å². The molecule has 2 nitrogen and oxygen atoms in total. The van der Waals surface area contributed by atoms with E-state index in [1.165, 1.54) is 63.7 Å². The number of nitrogens with zero attached hydrogens (tertiary/aromatic N) is 2. The molecule has 0 amide bonds. The van der Waals surface area contributed by atoms with Gasteiger partial charge in [0.05, 0.1) is 0 Å². The highest BCUT2D eigenvalue weighted by Crippen LogP contribution is 2.46. The van der Waals surface area contributed by atoms with Crippen LogP contribution in [0.15, 0.2) is 36.9 Å². The van der Waals surface area contributed by atoms with E-state index in [0.717, 1.165) is 11.6 Å². The van der Waals surface area contributed by atoms with Crippen molar-refractivity contribution in [3.05, 3.63) is 47.5 Å². The maximum atomic E-state index is 6.23. The minimum atomic E-state index is 0.137. The average molecular weight is 405 g/mol. The molecule has 1 aliphatic rings. The van der Waals surface area contributed by atoms with Gasteiger partial charge in [0.25, 0.3) is 0 Å². The second kappa shape index (κ2) is 11.4. The Hall–Kier alpha value is -0.830. The quantitative estimate of drug-likeness (QED) is 0.376. The Morgan fingerprint density at radius 1 is 1.07 bits per heavy atom. The summed E-state index contributed by atoms with van der Waals surface area (Å²) in [6.45, 7) is 17.9. The van der Waals surface area contributed by atoms with Gasteiger partial charge in [-0.05, 0) is 81.8 Å². The molecule has 3 atom stereocenters. The van der Waals surface area contributed by atoms with Crippen LogP contribution in [0.4, 0.5) is 0 Å². The third-order valence-electron chi connectivity index (χ3n) is 6.49. The molecule has 158 valence electrons. The Kier molecular flexibility index (Phi) is 9.53. The van der Waals surface area contributed by atoms with Crippen LogP contribution in [0.3, 0.4) is 0 Å². The second-order valence-corrected chi connectivity index (χ2v) is 9.03. The fourth-order valence-corrected chi connectivity index (χ4v) is 5.53. The summed E-state index contributed by atoms with van der Waals surface area (Å²) >= 11 is 6.23. The lowest BCUT2D eigenvalue weighted by Gasteiger charge is -2.53. The lowest BCUT2D eigenvalue weighted by atomic mass is 9.68. The fourth-order valence-electron chi connectivity index (χ4n) is 5.40. The van der Waals surface area contributed by atoms with E-state index in [-0.39, 0.29) is 5.54 Å². The zero-order valence-corrected chi connectivity index (χ0v) is 19.3. The van der Waals surface area contributed by atoms with Gasteiger partial charge in [0.1, 0.15) is 0 Å². The third kappa shape index (κ3) is 5.40. The van der Waals surface area contributed by atoms with Gasteiger partial charge in [0.15, 0.2) is 0 Å². The molecule has 1 saturated carbocycles. The van der Waals surface area contributed by atoms with Gasteiger partial charge in [-0.2, -0.15) is 0 Å². The van der Waals surface area contributed by atoms with Crippen LogP contribution < -0.4 is 0 Å². The summed E-state index contributed by atoms with van der Waals surface area (Å²) in [5, 5.41) is 0.832. The summed E-state index contributed by atoms with van der Waals surface area (Å²) in [7, 11) is 0. The Bertz CT molecular complexity index is 579. The zero-order chi connectivity index (χ0) is 20.6. The molecule has 1 aromatic rings. The molecule has 3 heteroatoms. The summed E-state index contributed by atoms with van der Waals surface area (Å²) in [6, 6.07) is 9.37. The Morgan fingerprint density at radius 2 is 1.68 bits per heavy atom. The fraction of sp³-hybridized carbons (Fsp3) is 0.680. The summed E-state index contributed by atoms with van der Waals surface area (Å²) in [5.41, 5.74) is 1.59. The van der Waals surface area contributed by atoms with Crippen LogP contribution in [0.5, 0.6) is 0 Å². The van der Waals surface area contributed by atoms with Crippen molar-refractivity contribution in [1.29, 1.82) is 0 Å². The molecular formula is C25H41ClN2. The van der Waals surface area contributed by atoms with Crippen molar-refractivity contribution in [1.82, 2.24) is 9.80 Å². The van der Waals surface area contributed by atoms with E-state index < -0.39 is 0 Å². The smallest absolute Gasteiger partial charge is 0.0464 e. The van der Waals surface area contributed by atoms with Crippen molar-refractivity contribution < 1.29 is 0 Å². The van der Waals surface area contributed by atoms with E-state index in [2.05, 4.69) is 74.4 Å². The van der Waals surface area contributed by atoms with Gasteiger partial charge in [-0.25, -0.2) is 0 Å². The van der Waals surface area contributed by atoms with Crippen LogP contribution in [0.25, 0.3) is 0 Å². The van der Waals surface area contributed by atoms with Gasteiger partial charge >= 0.3 is 0 Å². The predicted octanol–water partition coefficient (Wildman–Crippen LogP) is 6.74. The van der Waals surface area contributed by atoms with Gasteiger partial charge in [0, 0.05) is 23.1 Å². The van der Waals surface area contributed by atoms with Gasteiger partial charge in [-0.15, -0.1) is 6.58 Å². The molecule has 0 saturated heterocycles. The van der Waals surface area contributed by atoms with Gasteiger partial charge in [0.2, 0.25) is 0 Å². The van der Waals surface area contributed by atoms with Crippen molar-refractivity contribution in [2.24, 2.45) is 5.92 Å². The highest BCUT2D eigenvalue weighted by Gasteiger charge is 2.45. The molecule has 2 rings (SSSR count). The van der Waals surface area contributed by atoms with Crippen LogP contribution in [0.2, 0.25) is 5.02 Å². The molecule has 0 heterocycles. The van der Waals surface area contributed by atoms with Gasteiger partial charge in [-0.3, -0.25) is 9.80 Å². The molecule has 0 aromatic heterocycles. The molecule has 28 heavy (non-hydrogen) atoms. The maximum absolute atomic E-state index is 6.23. The summed E-state index contributed by atoms with van der Waals surface area (Å²) in [5.74, 6) is 0.659. The summed E-state index contributed by atoms with van der Waals surface area (Å²) in [6.07, 6.45) is 9.37. The number of hydrogen-bond acceptors (Lipinski definition) is 2. The predicted molar refractivity (Wildman–Crippen MR) is 124 cm³/mol. The molecule has 0 spiro atoms. The van der Waals surface area contributed by atoms with Crippen molar-refractivity contribution in [2.75, 3.05) is 26.2 Å². The molecule has 1 aromatic carbocycles. The lowest BCUT2D eigenvalue weighted by Crippen LogP contribution is -2.55. The van der Waals surface area contributed by atoms with E-state index >= 15 is 0 Å². The highest BCUT2D eigenvalue weighted by molar-refractivity contribution is 6.30. The molecular weight excluding hydrogens is 364 g/mol. The van der Waals surface area contributed by atoms with Crippen LogP contribution in [-0.2, 0) is 5.54 Å². The van der Waals surface area contributed by atoms with E-state index in [4.69, 9.17) is 11.6 Å². The molecule has 1 fully saturated rings. The standard InChI is InChI=1S/C25H41ClN2/c1-6-16-27(17-7-2)24-14-15-25(20-21(24)5,28(18-8-3)19-9-4)22-10-12-23(26)13-11-22/h6,10-13,21,24H,1,7-9,14-20H2,2-5H3. The monoisotopic (exact) mass is 404 g/mol. The summed E-state index contributed by atoms with van der Waals surface area (Å²) < 4.78 is 0. The molecule has 0 aliphatic heterocycles. The molecule has 0 radical (unpaired) electrons. The van der Waals surface area contributed by atoms with Crippen LogP contribution >= 0.6 is 11.6 Å². The van der Waals surface area contributed by atoms with E-state index in [9.17, 15) is 0 Å². The largest absolute Gasteiger partial charge is 0.296 e. The normalized spacial score (nSPS) is 25.4. The van der Waals surface area contributed by atoms with Gasteiger partial charge in [-0.1, -0.05) is 57.5 Å². The zero-order valence-electron chi connectivity index (χ0n) is 18.6. The SMILES string of the molecule is C=CCN(CCC)C1CCC(c2ccc(Cl)cc2)(N(CCC)CCC)CC1C. The number of benzene rings is 1. The molecule has 0 N–H and O–H groups in total. The van der Waals surface area contributed by atoms with Crippen molar-refractivity contribution in [2.45, 2.75) is 77.8 Å². The average Bonchev–Trinajstić information content (AvgIpc) is 2.68. The van der Waals surface area contributed by atoms with Crippen molar-refractivity contribution in [3.63, 3.8) is 0 Å². The Balaban J connectivity index is 2.36. The van der Waals surface area contributed by atoms with Crippen LogP contribution in [0.1, 0.15) is 71.8 Å². The number of hydrogen-bond donors (Lipinski definition) is 0. The first-order chi connectivity index (χ1) is 13.5. The minimum Gasteiger partial charge on any atom is -0.296 e. The van der Waals surface area contributed by atoms with Crippen molar-refractivity contribution in [3.8, 4) is 0 Å². The maximum Gasteiger partial charge on any atom is 0.0464 e. The topological polar surface area (TPSA) is 6.48 Å². The van der Waals surface area contributed by atoms with Crippen molar-refractivity contribution >= 4 is 11.6 Å². The molecule has 0 bridgehead atoms. The first-order valence-electron chi connectivity index (χ1n) is 11.4. The van der Waals surface area contributed by atoms with Crippen LogP contribution in [-0.4, -0.2) is 42.0 Å². The number of rotatable bonds is 11. The Morgan fingerprint density at radius 3 is 2.18 bits per heavy atom. The first-order valence-corrected chi connectivity index (χ1v) is 11.8. The Labute approximate surface area is 178 Å². The van der Waals surface area contributed by atoms with E-state index in [1.807, 2.05) is 0 Å². The molecule has 3 unspecified atom stereocenters. The lowest BCUT2D eigenvalue weighted by molar-refractivity contribution is -0.00962. The van der Waals surface area contributed by atoms with E-state index in [0.29, 0.717) is 12.0 Å².